The Balaban J connectivity index is 1.80. The second-order valence-electron chi connectivity index (χ2n) is 7.19. The average molecular weight is 451 g/mol. The van der Waals surface area contributed by atoms with Gasteiger partial charge in [0.25, 0.3) is 5.91 Å². The fourth-order valence-corrected chi connectivity index (χ4v) is 5.20. The molecule has 0 radical (unpaired) electrons. The summed E-state index contributed by atoms with van der Waals surface area (Å²) in [5, 5.41) is 5.69. The summed E-state index contributed by atoms with van der Waals surface area (Å²) in [5.74, 6) is -2.69. The Hall–Kier alpha value is -2.63. The number of Topliss-reactive ketones (excluding diaryl/α,β-unsaturated/α-hetero) is 1. The number of carbonyl (C=O) groups is 3. The predicted molar refractivity (Wildman–Crippen MR) is 110 cm³/mol. The van der Waals surface area contributed by atoms with Crippen LogP contribution in [0, 0.1) is 5.92 Å². The summed E-state index contributed by atoms with van der Waals surface area (Å²) in [6.07, 6.45) is 1.70. The number of nitrogens with one attached hydrogen (secondary N) is 3. The number of carbonyl (C=O) groups excluding carboxylic acids is 3. The van der Waals surface area contributed by atoms with Crippen LogP contribution in [0.15, 0.2) is 41.4 Å². The summed E-state index contributed by atoms with van der Waals surface area (Å²) in [7, 11) is -3.95. The van der Waals surface area contributed by atoms with Crippen molar-refractivity contribution in [3.8, 4) is 0 Å². The Kier molecular flexibility index (Phi) is 6.64. The van der Waals surface area contributed by atoms with Crippen molar-refractivity contribution in [2.24, 2.45) is 5.92 Å². The molecule has 9 nitrogen and oxygen atoms in total. The minimum atomic E-state index is -3.95. The van der Waals surface area contributed by atoms with Gasteiger partial charge in [-0.15, -0.1) is 11.3 Å². The van der Waals surface area contributed by atoms with Crippen molar-refractivity contribution in [1.82, 2.24) is 20.3 Å². The Bertz CT molecular complexity index is 1050. The predicted octanol–water partition coefficient (Wildman–Crippen LogP) is 0.372. The van der Waals surface area contributed by atoms with Crippen molar-refractivity contribution >= 4 is 39.0 Å². The van der Waals surface area contributed by atoms with Gasteiger partial charge in [0.1, 0.15) is 17.1 Å². The van der Waals surface area contributed by atoms with E-state index in [1.54, 1.807) is 38.2 Å². The zero-order chi connectivity index (χ0) is 21.9. The second kappa shape index (κ2) is 9.02. The molecule has 0 fully saturated rings. The van der Waals surface area contributed by atoms with E-state index in [4.69, 9.17) is 0 Å². The first-order valence-corrected chi connectivity index (χ1v) is 11.6. The van der Waals surface area contributed by atoms with E-state index < -0.39 is 45.6 Å². The van der Waals surface area contributed by atoms with Crippen LogP contribution in [-0.2, 0) is 37.4 Å². The molecule has 2 atom stereocenters. The summed E-state index contributed by atoms with van der Waals surface area (Å²) in [4.78, 5) is 42.5. The number of amides is 2. The number of sulfonamides is 1. The SMILES string of the molecule is CC(C)C(NS(=O)(=O)c1ccccc1)C(=O)NC1Cc2cnc(s2)CNC(=O)C1=O. The van der Waals surface area contributed by atoms with Gasteiger partial charge < -0.3 is 10.6 Å². The number of hydrogen-bond acceptors (Lipinski definition) is 7. The number of rotatable bonds is 6. The highest BCUT2D eigenvalue weighted by Crippen LogP contribution is 2.18. The van der Waals surface area contributed by atoms with E-state index in [0.29, 0.717) is 5.01 Å². The van der Waals surface area contributed by atoms with Gasteiger partial charge in [0.05, 0.1) is 11.4 Å². The van der Waals surface area contributed by atoms with Crippen LogP contribution in [0.25, 0.3) is 0 Å². The smallest absolute Gasteiger partial charge is 0.289 e. The zero-order valence-electron chi connectivity index (χ0n) is 16.4. The number of thiazole rings is 1. The van der Waals surface area contributed by atoms with E-state index in [9.17, 15) is 22.8 Å². The maximum atomic E-state index is 12.9. The third-order valence-electron chi connectivity index (χ3n) is 4.55. The molecule has 0 aliphatic carbocycles. The molecule has 2 aromatic rings. The minimum Gasteiger partial charge on any atom is -0.344 e. The van der Waals surface area contributed by atoms with Gasteiger partial charge in [-0.3, -0.25) is 14.4 Å². The fourth-order valence-electron chi connectivity index (χ4n) is 2.92. The maximum absolute atomic E-state index is 12.9. The van der Waals surface area contributed by atoms with E-state index in [1.807, 2.05) is 0 Å². The Morgan fingerprint density at radius 3 is 2.60 bits per heavy atom. The molecule has 0 spiro atoms. The molecule has 2 amide bonds. The molecule has 3 rings (SSSR count). The maximum Gasteiger partial charge on any atom is 0.289 e. The lowest BCUT2D eigenvalue weighted by atomic mass is 10.0. The van der Waals surface area contributed by atoms with Crippen LogP contribution in [0.3, 0.4) is 0 Å². The van der Waals surface area contributed by atoms with Crippen molar-refractivity contribution < 1.29 is 22.8 Å². The van der Waals surface area contributed by atoms with E-state index in [0.717, 1.165) is 4.88 Å². The molecule has 2 bridgehead atoms. The Morgan fingerprint density at radius 1 is 1.23 bits per heavy atom. The van der Waals surface area contributed by atoms with Crippen molar-refractivity contribution in [1.29, 1.82) is 0 Å². The molecular weight excluding hydrogens is 428 g/mol. The summed E-state index contributed by atoms with van der Waals surface area (Å²) >= 11 is 1.34. The summed E-state index contributed by atoms with van der Waals surface area (Å²) < 4.78 is 27.7. The van der Waals surface area contributed by atoms with Gasteiger partial charge in [-0.1, -0.05) is 32.0 Å². The number of nitrogens with zero attached hydrogens (tertiary/aromatic N) is 1. The van der Waals surface area contributed by atoms with E-state index in [2.05, 4.69) is 20.3 Å². The topological polar surface area (TPSA) is 134 Å². The van der Waals surface area contributed by atoms with Crippen molar-refractivity contribution in [2.75, 3.05) is 0 Å². The molecule has 1 aliphatic heterocycles. The van der Waals surface area contributed by atoms with Crippen LogP contribution in [-0.4, -0.2) is 43.1 Å². The molecule has 1 aromatic heterocycles. The first-order valence-electron chi connectivity index (χ1n) is 9.31. The molecular formula is C19H22N4O5S2. The van der Waals surface area contributed by atoms with E-state index >= 15 is 0 Å². The molecule has 160 valence electrons. The molecule has 30 heavy (non-hydrogen) atoms. The molecule has 0 saturated heterocycles. The molecule has 0 saturated carbocycles. The van der Waals surface area contributed by atoms with Gasteiger partial charge in [-0.2, -0.15) is 4.72 Å². The van der Waals surface area contributed by atoms with Crippen LogP contribution < -0.4 is 15.4 Å². The van der Waals surface area contributed by atoms with Crippen LogP contribution in [0.2, 0.25) is 0 Å². The highest BCUT2D eigenvalue weighted by molar-refractivity contribution is 7.89. The van der Waals surface area contributed by atoms with Crippen LogP contribution >= 0.6 is 11.3 Å². The molecule has 1 aromatic carbocycles. The van der Waals surface area contributed by atoms with Gasteiger partial charge in [-0.05, 0) is 18.1 Å². The number of benzene rings is 1. The lowest BCUT2D eigenvalue weighted by Gasteiger charge is -2.24. The highest BCUT2D eigenvalue weighted by Gasteiger charge is 2.34. The molecule has 11 heteroatoms. The van der Waals surface area contributed by atoms with Gasteiger partial charge in [0.15, 0.2) is 0 Å². The molecule has 1 aliphatic rings. The quantitative estimate of drug-likeness (QED) is 0.545. The van der Waals surface area contributed by atoms with E-state index in [-0.39, 0.29) is 17.9 Å². The zero-order valence-corrected chi connectivity index (χ0v) is 18.0. The fraction of sp³-hybridized carbons (Fsp3) is 0.368. The normalized spacial score (nSPS) is 18.2. The van der Waals surface area contributed by atoms with Crippen LogP contribution in [0.1, 0.15) is 23.7 Å². The van der Waals surface area contributed by atoms with Crippen LogP contribution in [0.4, 0.5) is 0 Å². The van der Waals surface area contributed by atoms with Gasteiger partial charge in [-0.25, -0.2) is 13.4 Å². The summed E-state index contributed by atoms with van der Waals surface area (Å²) in [6.45, 7) is 3.51. The van der Waals surface area contributed by atoms with Crippen molar-refractivity contribution in [2.45, 2.75) is 43.8 Å². The Morgan fingerprint density at radius 2 is 1.93 bits per heavy atom. The standard InChI is InChI=1S/C19H22N4O5S2/c1-11(2)16(23-30(27,28)13-6-4-3-5-7-13)18(25)22-14-8-12-9-20-15(29-12)10-21-19(26)17(14)24/h3-7,9,11,14,16,23H,8,10H2,1-2H3,(H,21,26)(H,22,25). The molecule has 2 unspecified atom stereocenters. The van der Waals surface area contributed by atoms with Gasteiger partial charge in [0.2, 0.25) is 21.7 Å². The monoisotopic (exact) mass is 450 g/mol. The van der Waals surface area contributed by atoms with Gasteiger partial charge >= 0.3 is 0 Å². The number of ketones is 1. The first-order chi connectivity index (χ1) is 14.2. The average Bonchev–Trinajstić information content (AvgIpc) is 3.17. The minimum absolute atomic E-state index is 0.0264. The van der Waals surface area contributed by atoms with Crippen molar-refractivity contribution in [3.05, 3.63) is 46.4 Å². The summed E-state index contributed by atoms with van der Waals surface area (Å²) in [6, 6.07) is 5.44. The second-order valence-corrected chi connectivity index (χ2v) is 10.1. The molecule has 2 heterocycles. The third-order valence-corrected chi connectivity index (χ3v) is 7.03. The first kappa shape index (κ1) is 22.1. The molecule has 3 N–H and O–H groups in total. The largest absolute Gasteiger partial charge is 0.344 e. The number of fused-ring (bicyclic) bond motifs is 2. The van der Waals surface area contributed by atoms with Gasteiger partial charge in [0, 0.05) is 17.5 Å². The highest BCUT2D eigenvalue weighted by atomic mass is 32.2. The lowest BCUT2D eigenvalue weighted by Crippen LogP contribution is -2.55. The third kappa shape index (κ3) is 5.10. The van der Waals surface area contributed by atoms with E-state index in [1.165, 1.54) is 23.5 Å². The summed E-state index contributed by atoms with van der Waals surface area (Å²) in [5.41, 5.74) is 0. The number of aromatic nitrogens is 1. The number of hydrogen-bond donors (Lipinski definition) is 3. The lowest BCUT2D eigenvalue weighted by molar-refractivity contribution is -0.140. The van der Waals surface area contributed by atoms with Crippen LogP contribution in [0.5, 0.6) is 0 Å². The Labute approximate surface area is 178 Å². The van der Waals surface area contributed by atoms with Crippen molar-refractivity contribution in [3.63, 3.8) is 0 Å².